The number of likely N-dealkylation sites (tertiary alicyclic amines) is 1. The first kappa shape index (κ1) is 21.6. The number of hydrogen-bond donors (Lipinski definition) is 2. The van der Waals surface area contributed by atoms with Gasteiger partial charge in [-0.05, 0) is 46.1 Å². The lowest BCUT2D eigenvalue weighted by atomic mass is 9.99. The average molecular weight is 465 g/mol. The highest BCUT2D eigenvalue weighted by Gasteiger charge is 2.20. The topological polar surface area (TPSA) is 52.6 Å². The second-order valence-corrected chi connectivity index (χ2v) is 7.93. The number of aromatic nitrogens is 1. The number of halogens is 1. The Balaban J connectivity index is 0.00000288. The minimum Gasteiger partial charge on any atom is -0.355 e. The Hall–Kier alpha value is -0.410. The van der Waals surface area contributed by atoms with Crippen molar-refractivity contribution >= 4 is 41.3 Å². The molecule has 0 bridgehead atoms. The molecular weight excluding hydrogens is 433 g/mol. The van der Waals surface area contributed by atoms with Crippen molar-refractivity contribution in [1.82, 2.24) is 20.5 Å². The van der Waals surface area contributed by atoms with E-state index in [0.29, 0.717) is 6.04 Å². The van der Waals surface area contributed by atoms with Gasteiger partial charge in [-0.25, -0.2) is 4.98 Å². The normalized spacial score (nSPS) is 20.4. The van der Waals surface area contributed by atoms with Gasteiger partial charge in [0, 0.05) is 31.1 Å². The molecule has 2 N–H and O–H groups in total. The molecule has 5 nitrogen and oxygen atoms in total. The van der Waals surface area contributed by atoms with Crippen molar-refractivity contribution in [3.8, 4) is 0 Å². The molecule has 2 rings (SSSR count). The van der Waals surface area contributed by atoms with Crippen molar-refractivity contribution in [2.45, 2.75) is 53.1 Å². The van der Waals surface area contributed by atoms with E-state index in [9.17, 15) is 0 Å². The summed E-state index contributed by atoms with van der Waals surface area (Å²) in [5, 5.41) is 7.92. The van der Waals surface area contributed by atoms with Crippen LogP contribution in [-0.2, 0) is 6.54 Å². The Bertz CT molecular complexity index is 512. The number of aliphatic imine (C=N–C) groups is 1. The molecule has 1 aromatic heterocycles. The third-order valence-electron chi connectivity index (χ3n) is 4.58. The van der Waals surface area contributed by atoms with Crippen molar-refractivity contribution < 1.29 is 0 Å². The lowest BCUT2D eigenvalue weighted by Gasteiger charge is -2.35. The van der Waals surface area contributed by atoms with E-state index in [1.165, 1.54) is 30.8 Å². The highest BCUT2D eigenvalue weighted by molar-refractivity contribution is 14.0. The summed E-state index contributed by atoms with van der Waals surface area (Å²) in [6.45, 7) is 12.9. The fraction of sp³-hybridized carbons (Fsp3) is 0.765. The van der Waals surface area contributed by atoms with Crippen LogP contribution in [0.3, 0.4) is 0 Å². The molecule has 2 unspecified atom stereocenters. The van der Waals surface area contributed by atoms with Crippen molar-refractivity contribution in [3.63, 3.8) is 0 Å². The van der Waals surface area contributed by atoms with E-state index < -0.39 is 0 Å². The van der Waals surface area contributed by atoms with Gasteiger partial charge in [-0.2, -0.15) is 0 Å². The molecule has 1 aromatic rings. The lowest BCUT2D eigenvalue weighted by Crippen LogP contribution is -2.48. The summed E-state index contributed by atoms with van der Waals surface area (Å²) in [6.07, 6.45) is 2.69. The molecular formula is C17H32IN5S. The van der Waals surface area contributed by atoms with Gasteiger partial charge in [-0.15, -0.1) is 35.3 Å². The number of nitrogens with one attached hydrogen (secondary N) is 2. The van der Waals surface area contributed by atoms with E-state index in [-0.39, 0.29) is 24.0 Å². The van der Waals surface area contributed by atoms with Gasteiger partial charge in [-0.1, -0.05) is 6.92 Å². The van der Waals surface area contributed by atoms with Gasteiger partial charge in [0.2, 0.25) is 0 Å². The number of hydrogen-bond acceptors (Lipinski definition) is 4. The summed E-state index contributed by atoms with van der Waals surface area (Å²) in [5.41, 5.74) is 1.13. The Labute approximate surface area is 167 Å². The SMILES string of the molecule is CN=C(NCc1nc(C)c(C)s1)NCC(C)N1CCCC(C)C1.I. The van der Waals surface area contributed by atoms with Gasteiger partial charge in [0.1, 0.15) is 5.01 Å². The predicted octanol–water partition coefficient (Wildman–Crippen LogP) is 3.16. The molecule has 2 atom stereocenters. The highest BCUT2D eigenvalue weighted by Crippen LogP contribution is 2.17. The zero-order valence-electron chi connectivity index (χ0n) is 15.6. The maximum absolute atomic E-state index is 4.56. The third-order valence-corrected chi connectivity index (χ3v) is 5.65. The summed E-state index contributed by atoms with van der Waals surface area (Å²) in [6, 6.07) is 0.528. The minimum absolute atomic E-state index is 0. The van der Waals surface area contributed by atoms with Crippen LogP contribution in [-0.4, -0.2) is 48.6 Å². The van der Waals surface area contributed by atoms with Crippen LogP contribution in [0.15, 0.2) is 4.99 Å². The molecule has 0 aromatic carbocycles. The summed E-state index contributed by atoms with van der Waals surface area (Å²) in [7, 11) is 1.82. The maximum atomic E-state index is 4.56. The molecule has 0 spiro atoms. The van der Waals surface area contributed by atoms with Gasteiger partial charge in [0.05, 0.1) is 12.2 Å². The van der Waals surface area contributed by atoms with Crippen molar-refractivity contribution in [2.24, 2.45) is 10.9 Å². The average Bonchev–Trinajstić information content (AvgIpc) is 2.85. The number of rotatable bonds is 5. The van der Waals surface area contributed by atoms with E-state index in [2.05, 4.69) is 53.2 Å². The zero-order chi connectivity index (χ0) is 16.8. The van der Waals surface area contributed by atoms with Gasteiger partial charge in [0.15, 0.2) is 5.96 Å². The fourth-order valence-corrected chi connectivity index (χ4v) is 3.87. The molecule has 7 heteroatoms. The second kappa shape index (κ2) is 10.6. The Morgan fingerprint density at radius 1 is 1.42 bits per heavy atom. The van der Waals surface area contributed by atoms with E-state index >= 15 is 0 Å². The van der Waals surface area contributed by atoms with Crippen LogP contribution in [0.4, 0.5) is 0 Å². The number of thiazole rings is 1. The molecule has 1 saturated heterocycles. The van der Waals surface area contributed by atoms with Gasteiger partial charge in [-0.3, -0.25) is 9.89 Å². The van der Waals surface area contributed by atoms with Crippen molar-refractivity contribution in [2.75, 3.05) is 26.7 Å². The van der Waals surface area contributed by atoms with Crippen LogP contribution in [0, 0.1) is 19.8 Å². The smallest absolute Gasteiger partial charge is 0.191 e. The quantitative estimate of drug-likeness (QED) is 0.399. The molecule has 0 amide bonds. The van der Waals surface area contributed by atoms with Crippen LogP contribution in [0.5, 0.6) is 0 Å². The number of piperidine rings is 1. The summed E-state index contributed by atoms with van der Waals surface area (Å²) in [4.78, 5) is 12.8. The van der Waals surface area contributed by atoms with E-state index in [1.54, 1.807) is 11.3 Å². The van der Waals surface area contributed by atoms with E-state index in [1.807, 2.05) is 7.05 Å². The molecule has 0 saturated carbocycles. The van der Waals surface area contributed by atoms with Crippen LogP contribution < -0.4 is 10.6 Å². The second-order valence-electron chi connectivity index (χ2n) is 6.65. The minimum atomic E-state index is 0. The summed E-state index contributed by atoms with van der Waals surface area (Å²) >= 11 is 1.75. The first-order valence-corrected chi connectivity index (χ1v) is 9.42. The molecule has 0 radical (unpaired) electrons. The van der Waals surface area contributed by atoms with Crippen molar-refractivity contribution in [3.05, 3.63) is 15.6 Å². The maximum Gasteiger partial charge on any atom is 0.191 e. The number of aryl methyl sites for hydroxylation is 2. The molecule has 24 heavy (non-hydrogen) atoms. The fourth-order valence-electron chi connectivity index (χ4n) is 2.99. The standard InChI is InChI=1S/C17H31N5S.HI/c1-12-7-6-8-22(11-12)13(2)9-19-17(18-5)20-10-16-21-14(3)15(4)23-16;/h12-13H,6-11H2,1-5H3,(H2,18,19,20);1H. The van der Waals surface area contributed by atoms with Crippen molar-refractivity contribution in [1.29, 1.82) is 0 Å². The zero-order valence-corrected chi connectivity index (χ0v) is 18.7. The molecule has 1 fully saturated rings. The number of guanidine groups is 1. The van der Waals surface area contributed by atoms with Crippen LogP contribution in [0.25, 0.3) is 0 Å². The molecule has 0 aliphatic carbocycles. The predicted molar refractivity (Wildman–Crippen MR) is 115 cm³/mol. The molecule has 2 heterocycles. The monoisotopic (exact) mass is 465 g/mol. The molecule has 138 valence electrons. The molecule has 1 aliphatic rings. The first-order valence-electron chi connectivity index (χ1n) is 8.61. The van der Waals surface area contributed by atoms with Crippen LogP contribution in [0.1, 0.15) is 42.3 Å². The van der Waals surface area contributed by atoms with E-state index in [0.717, 1.165) is 35.7 Å². The van der Waals surface area contributed by atoms with Gasteiger partial charge < -0.3 is 10.6 Å². The Morgan fingerprint density at radius 3 is 2.75 bits per heavy atom. The largest absolute Gasteiger partial charge is 0.355 e. The Kier molecular flexibility index (Phi) is 9.51. The summed E-state index contributed by atoms with van der Waals surface area (Å²) in [5.74, 6) is 1.67. The summed E-state index contributed by atoms with van der Waals surface area (Å²) < 4.78 is 0. The first-order chi connectivity index (χ1) is 11.0. The van der Waals surface area contributed by atoms with E-state index in [4.69, 9.17) is 0 Å². The Morgan fingerprint density at radius 2 is 2.17 bits per heavy atom. The third kappa shape index (κ3) is 6.48. The van der Waals surface area contributed by atoms with Crippen LogP contribution >= 0.6 is 35.3 Å². The van der Waals surface area contributed by atoms with Gasteiger partial charge >= 0.3 is 0 Å². The van der Waals surface area contributed by atoms with Gasteiger partial charge in [0.25, 0.3) is 0 Å². The highest BCUT2D eigenvalue weighted by atomic mass is 127. The number of nitrogens with zero attached hydrogens (tertiary/aromatic N) is 3. The lowest BCUT2D eigenvalue weighted by molar-refractivity contribution is 0.139. The molecule has 1 aliphatic heterocycles. The van der Waals surface area contributed by atoms with Crippen LogP contribution in [0.2, 0.25) is 0 Å².